The molecule has 0 saturated carbocycles. The van der Waals surface area contributed by atoms with Crippen molar-refractivity contribution in [1.29, 1.82) is 0 Å². The number of fused-ring (bicyclic) bond motifs is 1. The zero-order valence-corrected chi connectivity index (χ0v) is 13.3. The lowest BCUT2D eigenvalue weighted by atomic mass is 9.97. The van der Waals surface area contributed by atoms with E-state index in [2.05, 4.69) is 4.98 Å². The van der Waals surface area contributed by atoms with Gasteiger partial charge in [-0.3, -0.25) is 0 Å². The van der Waals surface area contributed by atoms with Gasteiger partial charge in [0.1, 0.15) is 0 Å². The summed E-state index contributed by atoms with van der Waals surface area (Å²) in [5.41, 5.74) is -1.41. The molecule has 8 heteroatoms. The van der Waals surface area contributed by atoms with Crippen LogP contribution >= 0.6 is 12.4 Å². The van der Waals surface area contributed by atoms with Gasteiger partial charge in [0.25, 0.3) is 0 Å². The molecule has 0 radical (unpaired) electrons. The van der Waals surface area contributed by atoms with Gasteiger partial charge in [-0.1, -0.05) is 24.3 Å². The zero-order chi connectivity index (χ0) is 17.5. The number of benzene rings is 2. The fourth-order valence-corrected chi connectivity index (χ4v) is 2.65. The van der Waals surface area contributed by atoms with Crippen LogP contribution in [0.15, 0.2) is 48.7 Å². The van der Waals surface area contributed by atoms with E-state index in [1.165, 1.54) is 0 Å². The molecule has 0 amide bonds. The van der Waals surface area contributed by atoms with Crippen LogP contribution in [0.4, 0.5) is 26.3 Å². The van der Waals surface area contributed by atoms with Gasteiger partial charge < -0.3 is 4.98 Å². The molecule has 1 aromatic heterocycles. The minimum atomic E-state index is -4.86. The summed E-state index contributed by atoms with van der Waals surface area (Å²) in [6.45, 7) is 0. The molecular formula is C17H12ClF6N. The highest BCUT2D eigenvalue weighted by Crippen LogP contribution is 2.38. The summed E-state index contributed by atoms with van der Waals surface area (Å²) in [6, 6.07) is 8.80. The average Bonchev–Trinajstić information content (AvgIpc) is 2.89. The molecule has 0 aliphatic rings. The maximum atomic E-state index is 13.2. The molecule has 0 aliphatic carbocycles. The van der Waals surface area contributed by atoms with Gasteiger partial charge in [-0.2, -0.15) is 26.3 Å². The number of halogens is 7. The van der Waals surface area contributed by atoms with E-state index < -0.39 is 23.5 Å². The lowest BCUT2D eigenvalue weighted by Gasteiger charge is -2.15. The largest absolute Gasteiger partial charge is 0.416 e. The Morgan fingerprint density at radius 1 is 0.800 bits per heavy atom. The molecule has 0 fully saturated rings. The Balaban J connectivity index is 0.00000225. The van der Waals surface area contributed by atoms with E-state index in [4.69, 9.17) is 0 Å². The first-order valence-corrected chi connectivity index (χ1v) is 6.98. The van der Waals surface area contributed by atoms with Crippen LogP contribution in [0, 0.1) is 0 Å². The molecule has 0 saturated heterocycles. The topological polar surface area (TPSA) is 15.8 Å². The van der Waals surface area contributed by atoms with Crippen LogP contribution in [-0.2, 0) is 18.8 Å². The molecule has 134 valence electrons. The number of rotatable bonds is 2. The van der Waals surface area contributed by atoms with E-state index >= 15 is 0 Å². The van der Waals surface area contributed by atoms with E-state index in [9.17, 15) is 26.3 Å². The highest BCUT2D eigenvalue weighted by Gasteiger charge is 2.38. The van der Waals surface area contributed by atoms with Gasteiger partial charge >= 0.3 is 12.4 Å². The van der Waals surface area contributed by atoms with E-state index in [1.54, 1.807) is 30.5 Å². The second-order valence-electron chi connectivity index (χ2n) is 5.40. The summed E-state index contributed by atoms with van der Waals surface area (Å²) in [7, 11) is 0. The molecular weight excluding hydrogens is 368 g/mol. The van der Waals surface area contributed by atoms with Gasteiger partial charge in [-0.15, -0.1) is 12.4 Å². The van der Waals surface area contributed by atoms with Crippen molar-refractivity contribution < 1.29 is 26.3 Å². The summed E-state index contributed by atoms with van der Waals surface area (Å²) in [6.07, 6.45) is -8.22. The predicted molar refractivity (Wildman–Crippen MR) is 84.8 cm³/mol. The normalized spacial score (nSPS) is 12.2. The standard InChI is InChI=1S/C17H11F6N.ClH/c18-16(19,20)12-6-5-10(14(8-12)17(21,22)23)7-11-9-24-15-4-2-1-3-13(11)15;/h1-6,8-9,24H,7H2;1H. The van der Waals surface area contributed by atoms with Gasteiger partial charge in [-0.25, -0.2) is 0 Å². The van der Waals surface area contributed by atoms with Crippen LogP contribution in [-0.4, -0.2) is 4.98 Å². The monoisotopic (exact) mass is 379 g/mol. The molecule has 1 nitrogen and oxygen atoms in total. The van der Waals surface area contributed by atoms with Crippen molar-refractivity contribution in [2.75, 3.05) is 0 Å². The van der Waals surface area contributed by atoms with Gasteiger partial charge in [0.2, 0.25) is 0 Å². The van der Waals surface area contributed by atoms with Crippen LogP contribution in [0.25, 0.3) is 10.9 Å². The van der Waals surface area contributed by atoms with Crippen molar-refractivity contribution in [3.63, 3.8) is 0 Å². The van der Waals surface area contributed by atoms with Crippen LogP contribution < -0.4 is 0 Å². The predicted octanol–water partition coefficient (Wildman–Crippen LogP) is 6.22. The third-order valence-electron chi connectivity index (χ3n) is 3.80. The number of alkyl halides is 6. The number of aromatic nitrogens is 1. The summed E-state index contributed by atoms with van der Waals surface area (Å²) < 4.78 is 77.7. The molecule has 1 heterocycles. The van der Waals surface area contributed by atoms with Gasteiger partial charge in [0, 0.05) is 23.5 Å². The highest BCUT2D eigenvalue weighted by atomic mass is 35.5. The first-order valence-electron chi connectivity index (χ1n) is 6.98. The molecule has 25 heavy (non-hydrogen) atoms. The molecule has 3 rings (SSSR count). The number of aromatic amines is 1. The Morgan fingerprint density at radius 2 is 1.48 bits per heavy atom. The minimum Gasteiger partial charge on any atom is -0.361 e. The Labute approximate surface area is 145 Å². The van der Waals surface area contributed by atoms with Crippen molar-refractivity contribution in [3.05, 3.63) is 70.9 Å². The molecule has 1 N–H and O–H groups in total. The number of H-pyrrole nitrogens is 1. The maximum Gasteiger partial charge on any atom is 0.416 e. The quantitative estimate of drug-likeness (QED) is 0.509. The van der Waals surface area contributed by atoms with Crippen molar-refractivity contribution in [2.45, 2.75) is 18.8 Å². The average molecular weight is 380 g/mol. The van der Waals surface area contributed by atoms with Crippen molar-refractivity contribution in [1.82, 2.24) is 4.98 Å². The maximum absolute atomic E-state index is 13.2. The molecule has 2 aromatic carbocycles. The SMILES string of the molecule is Cl.FC(F)(F)c1ccc(Cc2c[nH]c3ccccc23)c(C(F)(F)F)c1. The number of nitrogens with one attached hydrogen (secondary N) is 1. The Morgan fingerprint density at radius 3 is 2.12 bits per heavy atom. The summed E-state index contributed by atoms with van der Waals surface area (Å²) >= 11 is 0. The van der Waals surface area contributed by atoms with Crippen LogP contribution in [0.2, 0.25) is 0 Å². The molecule has 3 aromatic rings. The zero-order valence-electron chi connectivity index (χ0n) is 12.5. The van der Waals surface area contributed by atoms with E-state index in [1.807, 2.05) is 0 Å². The summed E-state index contributed by atoms with van der Waals surface area (Å²) in [4.78, 5) is 2.94. The van der Waals surface area contributed by atoms with E-state index in [0.29, 0.717) is 11.6 Å². The van der Waals surface area contributed by atoms with Crippen molar-refractivity contribution in [3.8, 4) is 0 Å². The summed E-state index contributed by atoms with van der Waals surface area (Å²) in [5, 5.41) is 0.741. The minimum absolute atomic E-state index is 0. The van der Waals surface area contributed by atoms with E-state index in [-0.39, 0.29) is 30.5 Å². The van der Waals surface area contributed by atoms with Crippen LogP contribution in [0.1, 0.15) is 22.3 Å². The fraction of sp³-hybridized carbons (Fsp3) is 0.176. The molecule has 0 unspecified atom stereocenters. The number of hydrogen-bond acceptors (Lipinski definition) is 0. The first kappa shape index (κ1) is 19.2. The lowest BCUT2D eigenvalue weighted by Crippen LogP contribution is -2.13. The fourth-order valence-electron chi connectivity index (χ4n) is 2.65. The van der Waals surface area contributed by atoms with Crippen molar-refractivity contribution in [2.24, 2.45) is 0 Å². The Hall–Kier alpha value is -2.15. The first-order chi connectivity index (χ1) is 11.2. The second-order valence-corrected chi connectivity index (χ2v) is 5.40. The molecule has 0 atom stereocenters. The lowest BCUT2D eigenvalue weighted by molar-refractivity contribution is -0.143. The number of para-hydroxylation sites is 1. The van der Waals surface area contributed by atoms with Crippen LogP contribution in [0.5, 0.6) is 0 Å². The third-order valence-corrected chi connectivity index (χ3v) is 3.80. The smallest absolute Gasteiger partial charge is 0.361 e. The van der Waals surface area contributed by atoms with Crippen molar-refractivity contribution >= 4 is 23.3 Å². The summed E-state index contributed by atoms with van der Waals surface area (Å²) in [5.74, 6) is 0. The Kier molecular flexibility index (Phi) is 5.09. The highest BCUT2D eigenvalue weighted by molar-refractivity contribution is 5.85. The van der Waals surface area contributed by atoms with Gasteiger partial charge in [-0.05, 0) is 29.3 Å². The molecule has 0 aliphatic heterocycles. The number of hydrogen-bond donors (Lipinski definition) is 1. The van der Waals surface area contributed by atoms with Gasteiger partial charge in [0.15, 0.2) is 0 Å². The van der Waals surface area contributed by atoms with Crippen LogP contribution in [0.3, 0.4) is 0 Å². The molecule has 0 bridgehead atoms. The van der Waals surface area contributed by atoms with Gasteiger partial charge in [0.05, 0.1) is 11.1 Å². The second kappa shape index (κ2) is 6.63. The van der Waals surface area contributed by atoms with E-state index in [0.717, 1.165) is 17.0 Å². The molecule has 0 spiro atoms. The Bertz CT molecular complexity index is 879. The third kappa shape index (κ3) is 3.92.